The molecule has 0 radical (unpaired) electrons. The molecule has 0 amide bonds. The van der Waals surface area contributed by atoms with E-state index in [2.05, 4.69) is 38.0 Å². The highest BCUT2D eigenvalue weighted by Crippen LogP contribution is 1.95. The van der Waals surface area contributed by atoms with Gasteiger partial charge in [0.15, 0.2) is 0 Å². The second kappa shape index (κ2) is 5.69. The molecule has 0 aliphatic rings. The van der Waals surface area contributed by atoms with Crippen molar-refractivity contribution in [1.29, 1.82) is 0 Å². The van der Waals surface area contributed by atoms with E-state index in [1.165, 1.54) is 19.4 Å². The highest BCUT2D eigenvalue weighted by molar-refractivity contribution is 4.46. The second-order valence-corrected chi connectivity index (χ2v) is 2.75. The van der Waals surface area contributed by atoms with E-state index in [9.17, 15) is 0 Å². The van der Waals surface area contributed by atoms with E-state index in [1.807, 2.05) is 0 Å². The fraction of sp³-hybridized carbons (Fsp3) is 1.00. The van der Waals surface area contributed by atoms with Crippen LogP contribution in [-0.4, -0.2) is 37.2 Å². The lowest BCUT2D eigenvalue weighted by Gasteiger charge is -2.27. The molecule has 0 aromatic carbocycles. The molecule has 62 valence electrons. The van der Waals surface area contributed by atoms with Gasteiger partial charge in [0.05, 0.1) is 0 Å². The van der Waals surface area contributed by atoms with Gasteiger partial charge in [0.1, 0.15) is 0 Å². The van der Waals surface area contributed by atoms with E-state index in [0.29, 0.717) is 0 Å². The molecule has 0 bridgehead atoms. The Morgan fingerprint density at radius 3 is 2.00 bits per heavy atom. The molecular weight excluding hydrogens is 124 g/mol. The molecule has 0 heterocycles. The van der Waals surface area contributed by atoms with Gasteiger partial charge in [-0.15, -0.1) is 0 Å². The molecule has 0 N–H and O–H groups in total. The zero-order valence-electron chi connectivity index (χ0n) is 7.72. The third-order valence-corrected chi connectivity index (χ3v) is 1.70. The van der Waals surface area contributed by atoms with Crippen molar-refractivity contribution in [1.82, 2.24) is 10.0 Å². The number of nitrogens with zero attached hydrogens (tertiary/aromatic N) is 2. The van der Waals surface area contributed by atoms with E-state index in [1.54, 1.807) is 0 Å². The van der Waals surface area contributed by atoms with Crippen LogP contribution in [0, 0.1) is 0 Å². The summed E-state index contributed by atoms with van der Waals surface area (Å²) in [6.07, 6.45) is 2.58. The van der Waals surface area contributed by atoms with Crippen LogP contribution in [0.3, 0.4) is 0 Å². The predicted molar refractivity (Wildman–Crippen MR) is 45.8 cm³/mol. The normalized spacial score (nSPS) is 11.4. The molecule has 0 aliphatic heterocycles. The van der Waals surface area contributed by atoms with Crippen LogP contribution in [0.1, 0.15) is 26.7 Å². The predicted octanol–water partition coefficient (Wildman–Crippen LogP) is 1.58. The fourth-order valence-electron chi connectivity index (χ4n) is 0.982. The smallest absolute Gasteiger partial charge is 0.0132 e. The molecular formula is C8H20N2. The van der Waals surface area contributed by atoms with Gasteiger partial charge in [0.25, 0.3) is 0 Å². The maximum absolute atomic E-state index is 2.34. The number of hydrogen-bond donors (Lipinski definition) is 0. The number of unbranched alkanes of at least 4 members (excludes halogenated alkanes) is 1. The maximum atomic E-state index is 2.34. The van der Waals surface area contributed by atoms with Crippen LogP contribution in [0.2, 0.25) is 0 Å². The zero-order chi connectivity index (χ0) is 7.98. The van der Waals surface area contributed by atoms with Crippen molar-refractivity contribution < 1.29 is 0 Å². The van der Waals surface area contributed by atoms with Crippen molar-refractivity contribution in [2.45, 2.75) is 26.7 Å². The average molecular weight is 144 g/mol. The Labute approximate surface area is 64.8 Å². The van der Waals surface area contributed by atoms with Crippen molar-refractivity contribution in [3.8, 4) is 0 Å². The third-order valence-electron chi connectivity index (χ3n) is 1.70. The van der Waals surface area contributed by atoms with Gasteiger partial charge in [0.2, 0.25) is 0 Å². The summed E-state index contributed by atoms with van der Waals surface area (Å²) >= 11 is 0. The first-order valence-electron chi connectivity index (χ1n) is 4.14. The zero-order valence-corrected chi connectivity index (χ0v) is 7.72. The molecule has 0 saturated heterocycles. The summed E-state index contributed by atoms with van der Waals surface area (Å²) in [5.74, 6) is 0. The van der Waals surface area contributed by atoms with Gasteiger partial charge >= 0.3 is 0 Å². The largest absolute Gasteiger partial charge is 0.248 e. The summed E-state index contributed by atoms with van der Waals surface area (Å²) in [7, 11) is 4.19. The van der Waals surface area contributed by atoms with Crippen LogP contribution in [-0.2, 0) is 0 Å². The lowest BCUT2D eigenvalue weighted by molar-refractivity contribution is 0.0298. The second-order valence-electron chi connectivity index (χ2n) is 2.75. The molecule has 0 unspecified atom stereocenters. The molecule has 0 spiro atoms. The molecule has 2 heteroatoms. The summed E-state index contributed by atoms with van der Waals surface area (Å²) in [4.78, 5) is 0. The minimum atomic E-state index is 1.12. The van der Waals surface area contributed by atoms with Gasteiger partial charge in [0, 0.05) is 27.2 Å². The fourth-order valence-corrected chi connectivity index (χ4v) is 0.982. The number of hydrazine groups is 1. The summed E-state index contributed by atoms with van der Waals surface area (Å²) in [6.45, 7) is 6.73. The minimum absolute atomic E-state index is 1.12. The van der Waals surface area contributed by atoms with E-state index < -0.39 is 0 Å². The van der Waals surface area contributed by atoms with Gasteiger partial charge in [-0.2, -0.15) is 0 Å². The molecule has 0 fully saturated rings. The van der Waals surface area contributed by atoms with Crippen molar-refractivity contribution in [2.24, 2.45) is 0 Å². The molecule has 0 atom stereocenters. The summed E-state index contributed by atoms with van der Waals surface area (Å²) in [5.41, 5.74) is 0. The van der Waals surface area contributed by atoms with Crippen LogP contribution in [0.4, 0.5) is 0 Å². The number of rotatable bonds is 5. The Morgan fingerprint density at radius 2 is 1.70 bits per heavy atom. The molecule has 0 rings (SSSR count). The van der Waals surface area contributed by atoms with Gasteiger partial charge in [-0.25, -0.2) is 10.0 Å². The molecule has 10 heavy (non-hydrogen) atoms. The first kappa shape index (κ1) is 9.92. The lowest BCUT2D eigenvalue weighted by atomic mass is 10.3. The van der Waals surface area contributed by atoms with E-state index >= 15 is 0 Å². The Bertz CT molecular complexity index is 71.7. The van der Waals surface area contributed by atoms with Crippen molar-refractivity contribution in [2.75, 3.05) is 27.2 Å². The molecule has 0 saturated carbocycles. The van der Waals surface area contributed by atoms with Gasteiger partial charge in [-0.1, -0.05) is 20.3 Å². The molecule has 0 aromatic rings. The lowest BCUT2D eigenvalue weighted by Crippen LogP contribution is -2.37. The topological polar surface area (TPSA) is 6.48 Å². The Hall–Kier alpha value is -0.0800. The Balaban J connectivity index is 3.40. The van der Waals surface area contributed by atoms with Crippen LogP contribution in [0.5, 0.6) is 0 Å². The van der Waals surface area contributed by atoms with Crippen molar-refractivity contribution in [3.63, 3.8) is 0 Å². The molecule has 0 aromatic heterocycles. The summed E-state index contributed by atoms with van der Waals surface area (Å²) < 4.78 is 0. The summed E-state index contributed by atoms with van der Waals surface area (Å²) in [6, 6.07) is 0. The Morgan fingerprint density at radius 1 is 1.10 bits per heavy atom. The molecule has 2 nitrogen and oxygen atoms in total. The van der Waals surface area contributed by atoms with E-state index in [0.717, 1.165) is 6.54 Å². The summed E-state index contributed by atoms with van der Waals surface area (Å²) in [5, 5.41) is 4.50. The van der Waals surface area contributed by atoms with Crippen LogP contribution >= 0.6 is 0 Å². The van der Waals surface area contributed by atoms with Gasteiger partial charge in [-0.3, -0.25) is 0 Å². The van der Waals surface area contributed by atoms with Crippen molar-refractivity contribution in [3.05, 3.63) is 0 Å². The van der Waals surface area contributed by atoms with E-state index in [4.69, 9.17) is 0 Å². The quantitative estimate of drug-likeness (QED) is 0.541. The van der Waals surface area contributed by atoms with Gasteiger partial charge < -0.3 is 0 Å². The highest BCUT2D eigenvalue weighted by atomic mass is 15.6. The van der Waals surface area contributed by atoms with Crippen LogP contribution in [0.25, 0.3) is 0 Å². The average Bonchev–Trinajstić information content (AvgIpc) is 1.89. The van der Waals surface area contributed by atoms with Crippen molar-refractivity contribution >= 4 is 0 Å². The Kier molecular flexibility index (Phi) is 5.64. The maximum Gasteiger partial charge on any atom is 0.0132 e. The van der Waals surface area contributed by atoms with Gasteiger partial charge in [-0.05, 0) is 6.42 Å². The minimum Gasteiger partial charge on any atom is -0.248 e. The monoisotopic (exact) mass is 144 g/mol. The third kappa shape index (κ3) is 3.85. The van der Waals surface area contributed by atoms with E-state index in [-0.39, 0.29) is 0 Å². The molecule has 0 aliphatic carbocycles. The van der Waals surface area contributed by atoms with Crippen LogP contribution in [0.15, 0.2) is 0 Å². The van der Waals surface area contributed by atoms with Crippen LogP contribution < -0.4 is 0 Å². The number of hydrogen-bond acceptors (Lipinski definition) is 2. The highest BCUT2D eigenvalue weighted by Gasteiger charge is 2.01. The first-order chi connectivity index (χ1) is 4.72. The SMILES string of the molecule is CCCCN(CC)N(C)C. The standard InChI is InChI=1S/C8H20N2/c1-5-7-8-10(6-2)9(3)4/h5-8H2,1-4H3. The first-order valence-corrected chi connectivity index (χ1v) is 4.14.